The van der Waals surface area contributed by atoms with Gasteiger partial charge < -0.3 is 24.9 Å². The second kappa shape index (κ2) is 7.48. The van der Waals surface area contributed by atoms with Crippen LogP contribution in [-0.2, 0) is 4.74 Å². The van der Waals surface area contributed by atoms with Crippen molar-refractivity contribution >= 4 is 17.0 Å². The van der Waals surface area contributed by atoms with Crippen molar-refractivity contribution in [3.05, 3.63) is 36.1 Å². The molecule has 1 aliphatic rings. The molecule has 0 bridgehead atoms. The van der Waals surface area contributed by atoms with Crippen molar-refractivity contribution in [2.24, 2.45) is 0 Å². The van der Waals surface area contributed by atoms with E-state index in [4.69, 9.17) is 9.15 Å². The van der Waals surface area contributed by atoms with Crippen LogP contribution in [0, 0.1) is 0 Å². The average molecular weight is 318 g/mol. The van der Waals surface area contributed by atoms with Gasteiger partial charge in [0.15, 0.2) is 0 Å². The van der Waals surface area contributed by atoms with Crippen molar-refractivity contribution in [3.8, 4) is 0 Å². The van der Waals surface area contributed by atoms with Crippen LogP contribution in [0.25, 0.3) is 11.0 Å². The Hall–Kier alpha value is -2.05. The Morgan fingerprint density at radius 1 is 1.30 bits per heavy atom. The molecule has 0 spiro atoms. The minimum atomic E-state index is -0.731. The van der Waals surface area contributed by atoms with E-state index >= 15 is 0 Å². The molecular formula is C17H22N2O4. The molecule has 6 nitrogen and oxygen atoms in total. The molecule has 0 saturated carbocycles. The van der Waals surface area contributed by atoms with Gasteiger partial charge >= 0.3 is 6.03 Å². The second-order valence-corrected chi connectivity index (χ2v) is 5.78. The van der Waals surface area contributed by atoms with Gasteiger partial charge in [0.05, 0.1) is 0 Å². The van der Waals surface area contributed by atoms with Crippen molar-refractivity contribution in [2.75, 3.05) is 19.8 Å². The zero-order valence-electron chi connectivity index (χ0n) is 13.0. The normalized spacial score (nSPS) is 17.1. The Kier molecular flexibility index (Phi) is 5.15. The van der Waals surface area contributed by atoms with Gasteiger partial charge in [0, 0.05) is 31.2 Å². The lowest BCUT2D eigenvalue weighted by Crippen LogP contribution is -2.44. The summed E-state index contributed by atoms with van der Waals surface area (Å²) in [5.41, 5.74) is 0.756. The number of fused-ring (bicyclic) bond motifs is 1. The van der Waals surface area contributed by atoms with Crippen molar-refractivity contribution in [1.82, 2.24) is 10.6 Å². The van der Waals surface area contributed by atoms with E-state index in [-0.39, 0.29) is 12.1 Å². The topological polar surface area (TPSA) is 83.7 Å². The first-order valence-electron chi connectivity index (χ1n) is 8.01. The molecule has 1 saturated heterocycles. The number of ether oxygens (including phenoxy) is 1. The zero-order valence-corrected chi connectivity index (χ0v) is 13.0. The van der Waals surface area contributed by atoms with E-state index in [2.05, 4.69) is 10.6 Å². The van der Waals surface area contributed by atoms with Gasteiger partial charge in [-0.3, -0.25) is 0 Å². The molecule has 2 amide bonds. The predicted molar refractivity (Wildman–Crippen MR) is 86.2 cm³/mol. The number of aliphatic hydroxyl groups is 1. The molecule has 0 unspecified atom stereocenters. The van der Waals surface area contributed by atoms with Crippen molar-refractivity contribution < 1.29 is 19.1 Å². The number of urea groups is 1. The van der Waals surface area contributed by atoms with Crippen molar-refractivity contribution in [3.63, 3.8) is 0 Å². The quantitative estimate of drug-likeness (QED) is 0.790. The maximum Gasteiger partial charge on any atom is 0.315 e. The van der Waals surface area contributed by atoms with Crippen LogP contribution >= 0.6 is 0 Å². The highest BCUT2D eigenvalue weighted by Gasteiger charge is 2.17. The molecule has 23 heavy (non-hydrogen) atoms. The summed E-state index contributed by atoms with van der Waals surface area (Å²) in [6.07, 6.45) is 1.36. The number of amides is 2. The van der Waals surface area contributed by atoms with Crippen molar-refractivity contribution in [2.45, 2.75) is 31.4 Å². The Balaban J connectivity index is 1.43. The maximum absolute atomic E-state index is 11.8. The second-order valence-electron chi connectivity index (χ2n) is 5.78. The van der Waals surface area contributed by atoms with E-state index in [1.54, 1.807) is 0 Å². The van der Waals surface area contributed by atoms with Crippen LogP contribution in [0.3, 0.4) is 0 Å². The van der Waals surface area contributed by atoms with Crippen LogP contribution in [0.15, 0.2) is 34.7 Å². The molecule has 1 fully saturated rings. The van der Waals surface area contributed by atoms with Gasteiger partial charge in [-0.1, -0.05) is 18.2 Å². The highest BCUT2D eigenvalue weighted by atomic mass is 16.5. The molecular weight excluding hydrogens is 296 g/mol. The summed E-state index contributed by atoms with van der Waals surface area (Å²) >= 11 is 0. The summed E-state index contributed by atoms with van der Waals surface area (Å²) in [7, 11) is 0. The van der Waals surface area contributed by atoms with Gasteiger partial charge in [0.1, 0.15) is 17.4 Å². The van der Waals surface area contributed by atoms with E-state index in [0.29, 0.717) is 31.9 Å². The first-order chi connectivity index (χ1) is 11.2. The molecule has 1 aromatic heterocycles. The molecule has 1 aliphatic heterocycles. The number of furan rings is 1. The molecule has 3 rings (SSSR count). The van der Waals surface area contributed by atoms with Crippen LogP contribution in [0.5, 0.6) is 0 Å². The van der Waals surface area contributed by atoms with Crippen LogP contribution in [0.1, 0.15) is 31.1 Å². The van der Waals surface area contributed by atoms with E-state index < -0.39 is 6.10 Å². The van der Waals surface area contributed by atoms with Crippen LogP contribution in [0.2, 0.25) is 0 Å². The lowest BCUT2D eigenvalue weighted by molar-refractivity contribution is 0.0800. The molecule has 0 radical (unpaired) electrons. The largest absolute Gasteiger partial charge is 0.458 e. The molecule has 1 atom stereocenters. The Morgan fingerprint density at radius 3 is 2.87 bits per heavy atom. The van der Waals surface area contributed by atoms with E-state index in [1.165, 1.54) is 0 Å². The Labute approximate surface area is 134 Å². The fourth-order valence-corrected chi connectivity index (χ4v) is 2.71. The lowest BCUT2D eigenvalue weighted by atomic mass is 10.1. The first kappa shape index (κ1) is 15.8. The summed E-state index contributed by atoms with van der Waals surface area (Å²) in [4.78, 5) is 11.8. The molecule has 124 valence electrons. The first-order valence-corrected chi connectivity index (χ1v) is 8.01. The number of carbonyl (C=O) groups excluding carboxylic acids is 1. The Bertz CT molecular complexity index is 616. The standard InChI is InChI=1S/C17H22N2O4/c20-14(16-11-12-3-1-2-4-15(12)23-16)5-8-18-17(21)19-13-6-9-22-10-7-13/h1-4,11,13-14,20H,5-10H2,(H2,18,19,21)/t14-/m0/s1. The summed E-state index contributed by atoms with van der Waals surface area (Å²) in [5.74, 6) is 0.526. The number of benzene rings is 1. The minimum Gasteiger partial charge on any atom is -0.458 e. The number of para-hydroxylation sites is 1. The maximum atomic E-state index is 11.8. The fraction of sp³-hybridized carbons (Fsp3) is 0.471. The van der Waals surface area contributed by atoms with E-state index in [9.17, 15) is 9.90 Å². The van der Waals surface area contributed by atoms with Gasteiger partial charge in [-0.15, -0.1) is 0 Å². The van der Waals surface area contributed by atoms with Gasteiger partial charge in [0.2, 0.25) is 0 Å². The highest BCUT2D eigenvalue weighted by molar-refractivity contribution is 5.77. The monoisotopic (exact) mass is 318 g/mol. The molecule has 2 aromatic rings. The van der Waals surface area contributed by atoms with Gasteiger partial charge in [-0.05, 0) is 31.4 Å². The lowest BCUT2D eigenvalue weighted by Gasteiger charge is -2.23. The number of carbonyl (C=O) groups is 1. The Morgan fingerprint density at radius 2 is 2.09 bits per heavy atom. The molecule has 6 heteroatoms. The third kappa shape index (κ3) is 4.24. The number of nitrogens with one attached hydrogen (secondary N) is 2. The average Bonchev–Trinajstić information content (AvgIpc) is 3.00. The molecule has 0 aliphatic carbocycles. The van der Waals surface area contributed by atoms with Crippen LogP contribution < -0.4 is 10.6 Å². The third-order valence-corrected chi connectivity index (χ3v) is 4.03. The number of hydrogen-bond donors (Lipinski definition) is 3. The third-order valence-electron chi connectivity index (χ3n) is 4.03. The molecule has 3 N–H and O–H groups in total. The van der Waals surface area contributed by atoms with Crippen LogP contribution in [-0.4, -0.2) is 36.9 Å². The number of rotatable bonds is 5. The minimum absolute atomic E-state index is 0.170. The van der Waals surface area contributed by atoms with Crippen LogP contribution in [0.4, 0.5) is 4.79 Å². The SMILES string of the molecule is O=C(NCC[C@H](O)c1cc2ccccc2o1)NC1CCOCC1. The summed E-state index contributed by atoms with van der Waals surface area (Å²) < 4.78 is 10.9. The summed E-state index contributed by atoms with van der Waals surface area (Å²) in [6, 6.07) is 9.43. The van der Waals surface area contributed by atoms with E-state index in [1.807, 2.05) is 30.3 Å². The summed E-state index contributed by atoms with van der Waals surface area (Å²) in [5, 5.41) is 16.8. The smallest absolute Gasteiger partial charge is 0.315 e. The summed E-state index contributed by atoms with van der Waals surface area (Å²) in [6.45, 7) is 1.76. The van der Waals surface area contributed by atoms with Gasteiger partial charge in [-0.25, -0.2) is 4.79 Å². The molecule has 2 heterocycles. The highest BCUT2D eigenvalue weighted by Crippen LogP contribution is 2.25. The fourth-order valence-electron chi connectivity index (χ4n) is 2.71. The van der Waals surface area contributed by atoms with E-state index in [0.717, 1.165) is 23.8 Å². The predicted octanol–water partition coefficient (Wildman–Crippen LogP) is 2.33. The molecule has 1 aromatic carbocycles. The zero-order chi connectivity index (χ0) is 16.1. The van der Waals surface area contributed by atoms with Gasteiger partial charge in [-0.2, -0.15) is 0 Å². The number of aliphatic hydroxyl groups excluding tert-OH is 1. The van der Waals surface area contributed by atoms with Gasteiger partial charge in [0.25, 0.3) is 0 Å². The number of hydrogen-bond acceptors (Lipinski definition) is 4. The van der Waals surface area contributed by atoms with Crippen molar-refractivity contribution in [1.29, 1.82) is 0 Å².